The van der Waals surface area contributed by atoms with E-state index in [1.54, 1.807) is 12.1 Å². The zero-order chi connectivity index (χ0) is 13.9. The van der Waals surface area contributed by atoms with Crippen molar-refractivity contribution in [2.45, 2.75) is 6.10 Å². The molecule has 0 aliphatic carbocycles. The van der Waals surface area contributed by atoms with Crippen molar-refractivity contribution in [3.8, 4) is 0 Å². The summed E-state index contributed by atoms with van der Waals surface area (Å²) in [4.78, 5) is 12.1. The van der Waals surface area contributed by atoms with Gasteiger partial charge in [0.1, 0.15) is 6.10 Å². The largest absolute Gasteiger partial charge is 0.376 e. The Bertz CT molecular complexity index is 546. The smallest absolute Gasteiger partial charge is 0.229 e. The highest BCUT2D eigenvalue weighted by molar-refractivity contribution is 7.92. The van der Waals surface area contributed by atoms with E-state index in [4.69, 9.17) is 9.47 Å². The molecule has 0 radical (unpaired) electrons. The Hall–Kier alpha value is -1.44. The van der Waals surface area contributed by atoms with Gasteiger partial charge >= 0.3 is 0 Å². The van der Waals surface area contributed by atoms with Gasteiger partial charge in [-0.15, -0.1) is 0 Å². The Balaban J connectivity index is 2.07. The van der Waals surface area contributed by atoms with Crippen LogP contribution in [0.4, 0.5) is 5.69 Å². The first-order chi connectivity index (χ1) is 8.96. The van der Waals surface area contributed by atoms with Gasteiger partial charge in [0.15, 0.2) is 5.78 Å². The van der Waals surface area contributed by atoms with Gasteiger partial charge < -0.3 is 9.47 Å². The molecule has 1 aromatic rings. The van der Waals surface area contributed by atoms with Gasteiger partial charge in [-0.25, -0.2) is 8.42 Å². The molecule has 1 fully saturated rings. The van der Waals surface area contributed by atoms with Crippen LogP contribution in [0.3, 0.4) is 0 Å². The van der Waals surface area contributed by atoms with E-state index in [9.17, 15) is 13.2 Å². The zero-order valence-electron chi connectivity index (χ0n) is 10.5. The van der Waals surface area contributed by atoms with Gasteiger partial charge in [0.2, 0.25) is 10.0 Å². The van der Waals surface area contributed by atoms with Crippen molar-refractivity contribution in [1.29, 1.82) is 0 Å². The SMILES string of the molecule is CS(=O)(=O)Nc1ccc(C(=O)C2COCCO2)cc1. The van der Waals surface area contributed by atoms with Crippen molar-refractivity contribution in [2.75, 3.05) is 30.8 Å². The average molecular weight is 285 g/mol. The highest BCUT2D eigenvalue weighted by Crippen LogP contribution is 2.14. The van der Waals surface area contributed by atoms with Gasteiger partial charge in [-0.05, 0) is 24.3 Å². The zero-order valence-corrected chi connectivity index (χ0v) is 11.3. The molecule has 2 rings (SSSR count). The lowest BCUT2D eigenvalue weighted by Gasteiger charge is -2.21. The third-order valence-electron chi connectivity index (χ3n) is 2.58. The summed E-state index contributed by atoms with van der Waals surface area (Å²) in [5.41, 5.74) is 0.884. The Kier molecular flexibility index (Phi) is 4.18. The molecule has 0 saturated carbocycles. The van der Waals surface area contributed by atoms with Crippen LogP contribution in [0.2, 0.25) is 0 Å². The lowest BCUT2D eigenvalue weighted by atomic mass is 10.1. The molecule has 1 heterocycles. The summed E-state index contributed by atoms with van der Waals surface area (Å²) in [5.74, 6) is -0.161. The molecule has 1 aromatic carbocycles. The molecule has 1 aliphatic heterocycles. The molecule has 0 aromatic heterocycles. The van der Waals surface area contributed by atoms with Crippen molar-refractivity contribution in [3.05, 3.63) is 29.8 Å². The van der Waals surface area contributed by atoms with Crippen molar-refractivity contribution in [1.82, 2.24) is 0 Å². The molecule has 1 atom stereocenters. The van der Waals surface area contributed by atoms with E-state index >= 15 is 0 Å². The van der Waals surface area contributed by atoms with Crippen LogP contribution in [-0.2, 0) is 19.5 Å². The number of carbonyl (C=O) groups excluding carboxylic acids is 1. The summed E-state index contributed by atoms with van der Waals surface area (Å²) in [6, 6.07) is 6.21. The van der Waals surface area contributed by atoms with Gasteiger partial charge in [-0.3, -0.25) is 9.52 Å². The fourth-order valence-electron chi connectivity index (χ4n) is 1.74. The van der Waals surface area contributed by atoms with E-state index in [1.807, 2.05) is 0 Å². The molecule has 19 heavy (non-hydrogen) atoms. The second kappa shape index (κ2) is 5.68. The highest BCUT2D eigenvalue weighted by Gasteiger charge is 2.23. The molecule has 6 nitrogen and oxygen atoms in total. The van der Waals surface area contributed by atoms with Crippen molar-refractivity contribution >= 4 is 21.5 Å². The average Bonchev–Trinajstić information content (AvgIpc) is 2.38. The summed E-state index contributed by atoms with van der Waals surface area (Å²) in [6.45, 7) is 1.16. The molecule has 7 heteroatoms. The monoisotopic (exact) mass is 285 g/mol. The van der Waals surface area contributed by atoms with E-state index < -0.39 is 16.1 Å². The minimum absolute atomic E-state index is 0.161. The van der Waals surface area contributed by atoms with E-state index in [0.29, 0.717) is 24.5 Å². The number of sulfonamides is 1. The van der Waals surface area contributed by atoms with Crippen LogP contribution in [0, 0.1) is 0 Å². The second-order valence-corrected chi connectivity index (χ2v) is 6.00. The Morgan fingerprint density at radius 1 is 1.26 bits per heavy atom. The number of nitrogens with one attached hydrogen (secondary N) is 1. The van der Waals surface area contributed by atoms with Crippen molar-refractivity contribution in [3.63, 3.8) is 0 Å². The highest BCUT2D eigenvalue weighted by atomic mass is 32.2. The molecular formula is C12H15NO5S. The van der Waals surface area contributed by atoms with Crippen LogP contribution < -0.4 is 4.72 Å². The minimum atomic E-state index is -3.31. The minimum Gasteiger partial charge on any atom is -0.376 e. The van der Waals surface area contributed by atoms with Gasteiger partial charge in [0.25, 0.3) is 0 Å². The normalized spacial score (nSPS) is 19.9. The van der Waals surface area contributed by atoms with Gasteiger partial charge in [0.05, 0.1) is 26.1 Å². The Labute approximate surface area is 111 Å². The van der Waals surface area contributed by atoms with Gasteiger partial charge in [-0.2, -0.15) is 0 Å². The predicted molar refractivity (Wildman–Crippen MR) is 69.8 cm³/mol. The summed E-state index contributed by atoms with van der Waals surface area (Å²) in [6.07, 6.45) is 0.488. The third-order valence-corrected chi connectivity index (χ3v) is 3.19. The van der Waals surface area contributed by atoms with Gasteiger partial charge in [0, 0.05) is 11.3 Å². The Morgan fingerprint density at radius 3 is 2.47 bits per heavy atom. The van der Waals surface area contributed by atoms with Crippen molar-refractivity contribution < 1.29 is 22.7 Å². The number of Topliss-reactive ketones (excluding diaryl/α,β-unsaturated/α-hetero) is 1. The van der Waals surface area contributed by atoms with Crippen LogP contribution in [0.25, 0.3) is 0 Å². The first kappa shape index (κ1) is 14.0. The van der Waals surface area contributed by atoms with Crippen LogP contribution >= 0.6 is 0 Å². The third kappa shape index (κ3) is 4.02. The molecule has 1 saturated heterocycles. The number of hydrogen-bond acceptors (Lipinski definition) is 5. The lowest BCUT2D eigenvalue weighted by Crippen LogP contribution is -2.35. The number of anilines is 1. The maximum atomic E-state index is 12.1. The maximum absolute atomic E-state index is 12.1. The molecule has 104 valence electrons. The summed E-state index contributed by atoms with van der Waals surface area (Å²) in [5, 5.41) is 0. The van der Waals surface area contributed by atoms with Gasteiger partial charge in [-0.1, -0.05) is 0 Å². The fourth-order valence-corrected chi connectivity index (χ4v) is 2.31. The molecule has 0 amide bonds. The van der Waals surface area contributed by atoms with E-state index in [2.05, 4.69) is 4.72 Å². The summed E-state index contributed by atoms with van der Waals surface area (Å²) < 4.78 is 34.9. The molecule has 0 bridgehead atoms. The topological polar surface area (TPSA) is 81.7 Å². The lowest BCUT2D eigenvalue weighted by molar-refractivity contribution is -0.0719. The predicted octanol–water partition coefficient (Wildman–Crippen LogP) is 0.656. The van der Waals surface area contributed by atoms with E-state index in [-0.39, 0.29) is 12.4 Å². The second-order valence-electron chi connectivity index (χ2n) is 4.25. The summed E-state index contributed by atoms with van der Waals surface area (Å²) in [7, 11) is -3.31. The standard InChI is InChI=1S/C12H15NO5S/c1-19(15,16)13-10-4-2-9(3-5-10)12(14)11-8-17-6-7-18-11/h2-5,11,13H,6-8H2,1H3. The number of benzene rings is 1. The maximum Gasteiger partial charge on any atom is 0.229 e. The van der Waals surface area contributed by atoms with Crippen LogP contribution in [0.1, 0.15) is 10.4 Å². The fraction of sp³-hybridized carbons (Fsp3) is 0.417. The van der Waals surface area contributed by atoms with Crippen LogP contribution in [-0.4, -0.2) is 46.4 Å². The molecular weight excluding hydrogens is 270 g/mol. The molecule has 0 spiro atoms. The number of ketones is 1. The Morgan fingerprint density at radius 2 is 1.95 bits per heavy atom. The van der Waals surface area contributed by atoms with E-state index in [0.717, 1.165) is 6.26 Å². The quantitative estimate of drug-likeness (QED) is 0.822. The van der Waals surface area contributed by atoms with Crippen LogP contribution in [0.15, 0.2) is 24.3 Å². The molecule has 1 unspecified atom stereocenters. The van der Waals surface area contributed by atoms with E-state index in [1.165, 1.54) is 12.1 Å². The first-order valence-electron chi connectivity index (χ1n) is 5.77. The first-order valence-corrected chi connectivity index (χ1v) is 7.66. The number of rotatable bonds is 4. The number of carbonyl (C=O) groups is 1. The van der Waals surface area contributed by atoms with Crippen LogP contribution in [0.5, 0.6) is 0 Å². The number of ether oxygens (including phenoxy) is 2. The summed E-state index contributed by atoms with van der Waals surface area (Å²) >= 11 is 0. The molecule has 1 N–H and O–H groups in total. The number of hydrogen-bond donors (Lipinski definition) is 1. The molecule has 1 aliphatic rings. The van der Waals surface area contributed by atoms with Crippen molar-refractivity contribution in [2.24, 2.45) is 0 Å².